The van der Waals surface area contributed by atoms with Gasteiger partial charge in [0.2, 0.25) is 5.43 Å². The van der Waals surface area contributed by atoms with E-state index in [2.05, 4.69) is 0 Å². The van der Waals surface area contributed by atoms with Crippen molar-refractivity contribution in [3.05, 3.63) is 91.9 Å². The molecule has 212 valence electrons. The number of rotatable bonds is 6. The molecule has 0 radical (unpaired) electrons. The smallest absolute Gasteiger partial charge is 0.408 e. The molecule has 40 heavy (non-hydrogen) atoms. The second kappa shape index (κ2) is 11.2. The Kier molecular flexibility index (Phi) is 8.28. The lowest BCUT2D eigenvalue weighted by Gasteiger charge is -2.33. The van der Waals surface area contributed by atoms with Gasteiger partial charge < -0.3 is 15.8 Å². The quantitative estimate of drug-likeness (QED) is 0.272. The number of alkyl halides is 3. The molecule has 12 heteroatoms. The number of benzene rings is 2. The summed E-state index contributed by atoms with van der Waals surface area (Å²) in [5.74, 6) is 2.13. The van der Waals surface area contributed by atoms with Crippen molar-refractivity contribution in [1.82, 2.24) is 9.58 Å². The first kappa shape index (κ1) is 29.5. The maximum atomic E-state index is 14.0. The van der Waals surface area contributed by atoms with E-state index in [1.165, 1.54) is 0 Å². The predicted molar refractivity (Wildman–Crippen MR) is 148 cm³/mol. The first-order valence-corrected chi connectivity index (χ1v) is 13.7. The number of hydrogen-bond acceptors (Lipinski definition) is 6. The molecule has 0 bridgehead atoms. The second-order valence-electron chi connectivity index (χ2n) is 9.63. The summed E-state index contributed by atoms with van der Waals surface area (Å²) in [4.78, 5) is 39.3. The number of nitrogens with zero attached hydrogens (tertiary/aromatic N) is 2. The summed E-state index contributed by atoms with van der Waals surface area (Å²) < 4.78 is 42.6. The molecule has 0 spiro atoms. The van der Waals surface area contributed by atoms with Gasteiger partial charge in [-0.1, -0.05) is 41.9 Å². The van der Waals surface area contributed by atoms with Crippen molar-refractivity contribution in [3.8, 4) is 5.75 Å². The zero-order valence-corrected chi connectivity index (χ0v) is 23.4. The molecule has 1 aliphatic rings. The fraction of sp³-hybridized carbons (Fsp3) is 0.321. The summed E-state index contributed by atoms with van der Waals surface area (Å²) in [5, 5.41) is 10.9. The third kappa shape index (κ3) is 5.44. The Bertz CT molecular complexity index is 1540. The van der Waals surface area contributed by atoms with Crippen molar-refractivity contribution in [3.63, 3.8) is 0 Å². The van der Waals surface area contributed by atoms with Gasteiger partial charge in [0.05, 0.1) is 5.56 Å². The Labute approximate surface area is 237 Å². The van der Waals surface area contributed by atoms with Crippen LogP contribution in [0.3, 0.4) is 0 Å². The highest BCUT2D eigenvalue weighted by Crippen LogP contribution is 2.50. The van der Waals surface area contributed by atoms with E-state index in [-0.39, 0.29) is 11.7 Å². The number of fused-ring (bicyclic) bond motifs is 2. The fourth-order valence-corrected chi connectivity index (χ4v) is 6.53. The van der Waals surface area contributed by atoms with Crippen molar-refractivity contribution in [2.45, 2.75) is 55.5 Å². The average Bonchev–Trinajstić information content (AvgIpc) is 3.00. The molecule has 1 aromatic heterocycles. The van der Waals surface area contributed by atoms with Gasteiger partial charge in [0.1, 0.15) is 6.04 Å². The standard InChI is InChI=1S/C28H27ClF3N3O4S/c1-14(36)20-13-35(33)24(26(38)25(20)37)27(39)34(16(3)28(30,31)32)12-11-19-18-7-4-5-10-22(18)40-15(2)17-8-6-9-21(29)23(17)19/h4-10,13,15-16,19,38H,11-12,33H2,1-3H3/t15-,16+,19+/m0/s1. The van der Waals surface area contributed by atoms with E-state index >= 15 is 0 Å². The number of carbonyl (C=O) groups excluding carboxylic acids is 2. The lowest BCUT2D eigenvalue weighted by Crippen LogP contribution is -2.49. The molecule has 2 aromatic carbocycles. The van der Waals surface area contributed by atoms with Gasteiger partial charge in [-0.25, -0.2) is 0 Å². The summed E-state index contributed by atoms with van der Waals surface area (Å²) in [6.45, 7) is 3.49. The van der Waals surface area contributed by atoms with E-state index in [0.717, 1.165) is 41.6 Å². The van der Waals surface area contributed by atoms with Crippen LogP contribution in [0.15, 0.2) is 58.4 Å². The van der Waals surface area contributed by atoms with E-state index in [1.807, 2.05) is 43.3 Å². The molecule has 1 aliphatic heterocycles. The normalized spacial score (nSPS) is 17.4. The molecule has 1 amide bonds. The number of halogens is 4. The van der Waals surface area contributed by atoms with Crippen LogP contribution in [0.5, 0.6) is 5.75 Å². The Morgan fingerprint density at radius 2 is 1.82 bits per heavy atom. The number of ketones is 1. The molecule has 0 unspecified atom stereocenters. The number of amides is 1. The highest BCUT2D eigenvalue weighted by molar-refractivity contribution is 7.99. The van der Waals surface area contributed by atoms with E-state index in [0.29, 0.717) is 14.6 Å². The SMILES string of the molecule is CC(=O)c1cn(N)c(C(=O)N(CC[C@@H]2c3ccccc3S[C@@H](C)c3cccc(Cl)c32)[C@H](C)C(F)(F)F)c(O)c1=O. The second-order valence-corrected chi connectivity index (χ2v) is 11.4. The van der Waals surface area contributed by atoms with Crippen LogP contribution >= 0.6 is 23.4 Å². The van der Waals surface area contributed by atoms with Crippen molar-refractivity contribution in [2.24, 2.45) is 0 Å². The molecular formula is C28H27ClF3N3O4S. The number of nitrogens with two attached hydrogens (primary N) is 1. The van der Waals surface area contributed by atoms with Crippen molar-refractivity contribution < 1.29 is 27.9 Å². The number of aromatic hydroxyl groups is 1. The summed E-state index contributed by atoms with van der Waals surface area (Å²) in [6.07, 6.45) is -3.95. The van der Waals surface area contributed by atoms with Crippen LogP contribution in [0.1, 0.15) is 75.9 Å². The number of Topliss-reactive ketones (excluding diaryl/α,β-unsaturated/α-hetero) is 1. The molecule has 0 saturated heterocycles. The Morgan fingerprint density at radius 1 is 1.18 bits per heavy atom. The van der Waals surface area contributed by atoms with Crippen LogP contribution in [0.4, 0.5) is 13.2 Å². The molecule has 3 aromatic rings. The Balaban J connectivity index is 1.81. The van der Waals surface area contributed by atoms with Crippen molar-refractivity contribution in [1.29, 1.82) is 0 Å². The van der Waals surface area contributed by atoms with Gasteiger partial charge in [-0.2, -0.15) is 13.2 Å². The number of pyridine rings is 1. The van der Waals surface area contributed by atoms with Gasteiger partial charge >= 0.3 is 6.18 Å². The first-order chi connectivity index (χ1) is 18.7. The lowest BCUT2D eigenvalue weighted by molar-refractivity contribution is -0.172. The molecule has 0 saturated carbocycles. The van der Waals surface area contributed by atoms with Crippen LogP contribution in [-0.2, 0) is 0 Å². The maximum absolute atomic E-state index is 14.0. The van der Waals surface area contributed by atoms with Crippen LogP contribution < -0.4 is 11.3 Å². The summed E-state index contributed by atoms with van der Waals surface area (Å²) in [7, 11) is 0. The monoisotopic (exact) mass is 593 g/mol. The van der Waals surface area contributed by atoms with Crippen LogP contribution in [0.25, 0.3) is 0 Å². The van der Waals surface area contributed by atoms with Gasteiger partial charge in [-0.05, 0) is 56.0 Å². The highest BCUT2D eigenvalue weighted by Gasteiger charge is 2.44. The number of thioether (sulfide) groups is 1. The van der Waals surface area contributed by atoms with Crippen molar-refractivity contribution >= 4 is 35.1 Å². The minimum Gasteiger partial charge on any atom is -0.502 e. The maximum Gasteiger partial charge on any atom is 0.408 e. The minimum atomic E-state index is -4.83. The molecule has 0 fully saturated rings. The molecule has 4 rings (SSSR count). The topological polar surface area (TPSA) is 106 Å². The zero-order chi connectivity index (χ0) is 29.5. The molecule has 3 atom stereocenters. The molecule has 2 heterocycles. The molecular weight excluding hydrogens is 567 g/mol. The van der Waals surface area contributed by atoms with Gasteiger partial charge in [0.25, 0.3) is 5.91 Å². The number of nitrogen functional groups attached to an aromatic ring is 1. The predicted octanol–water partition coefficient (Wildman–Crippen LogP) is 5.91. The van der Waals surface area contributed by atoms with Gasteiger partial charge in [-0.15, -0.1) is 11.8 Å². The molecule has 7 nitrogen and oxygen atoms in total. The Hall–Kier alpha value is -3.44. The highest BCUT2D eigenvalue weighted by atomic mass is 35.5. The van der Waals surface area contributed by atoms with E-state index in [9.17, 15) is 32.7 Å². The molecule has 0 aliphatic carbocycles. The van der Waals surface area contributed by atoms with Crippen LogP contribution in [0.2, 0.25) is 5.02 Å². The average molecular weight is 594 g/mol. The van der Waals surface area contributed by atoms with E-state index < -0.39 is 58.8 Å². The van der Waals surface area contributed by atoms with E-state index in [1.54, 1.807) is 17.8 Å². The number of aromatic nitrogens is 1. The summed E-state index contributed by atoms with van der Waals surface area (Å²) in [6, 6.07) is 10.7. The third-order valence-corrected chi connectivity index (χ3v) is 8.69. The first-order valence-electron chi connectivity index (χ1n) is 12.4. The lowest BCUT2D eigenvalue weighted by atomic mass is 9.84. The minimum absolute atomic E-state index is 0.00935. The fourth-order valence-electron chi connectivity index (χ4n) is 4.99. The summed E-state index contributed by atoms with van der Waals surface area (Å²) in [5.41, 5.74) is 0.0263. The third-order valence-electron chi connectivity index (χ3n) is 7.12. The van der Waals surface area contributed by atoms with Crippen molar-refractivity contribution in [2.75, 3.05) is 12.4 Å². The Morgan fingerprint density at radius 3 is 2.48 bits per heavy atom. The number of hydrogen-bond donors (Lipinski definition) is 2. The number of carbonyl (C=O) groups is 2. The van der Waals surface area contributed by atoms with Crippen LogP contribution in [-0.4, -0.2) is 45.1 Å². The largest absolute Gasteiger partial charge is 0.502 e. The van der Waals surface area contributed by atoms with Gasteiger partial charge in [0, 0.05) is 33.8 Å². The van der Waals surface area contributed by atoms with Gasteiger partial charge in [-0.3, -0.25) is 19.1 Å². The van der Waals surface area contributed by atoms with Crippen LogP contribution in [0, 0.1) is 0 Å². The van der Waals surface area contributed by atoms with E-state index in [4.69, 9.17) is 17.4 Å². The zero-order valence-electron chi connectivity index (χ0n) is 21.8. The molecule has 3 N–H and O–H groups in total. The van der Waals surface area contributed by atoms with Gasteiger partial charge in [0.15, 0.2) is 17.2 Å². The summed E-state index contributed by atoms with van der Waals surface area (Å²) >= 11 is 8.28.